The van der Waals surface area contributed by atoms with Crippen LogP contribution in [0.5, 0.6) is 0 Å². The van der Waals surface area contributed by atoms with Crippen molar-refractivity contribution in [2.45, 2.75) is 16.7 Å². The maximum Gasteiger partial charge on any atom is 0.0492 e. The molecule has 0 bridgehead atoms. The van der Waals surface area contributed by atoms with Gasteiger partial charge >= 0.3 is 0 Å². The van der Waals surface area contributed by atoms with Gasteiger partial charge in [0.05, 0.1) is 0 Å². The number of rotatable bonds is 1. The molecule has 0 unspecified atom stereocenters. The lowest BCUT2D eigenvalue weighted by Crippen LogP contribution is -1.80. The van der Waals surface area contributed by atoms with E-state index in [-0.39, 0.29) is 0 Å². The molecule has 0 nitrogen and oxygen atoms in total. The molecule has 0 aliphatic heterocycles. The third-order valence-electron chi connectivity index (χ3n) is 2.06. The van der Waals surface area contributed by atoms with E-state index in [1.165, 1.54) is 20.5 Å². The summed E-state index contributed by atoms with van der Waals surface area (Å²) in [5, 5.41) is 3.41. The van der Waals surface area contributed by atoms with Gasteiger partial charge in [-0.1, -0.05) is 0 Å². The quantitative estimate of drug-likeness (QED) is 0.561. The monoisotopic (exact) mass is 226 g/mol. The number of thiol groups is 1. The number of fused-ring (bicyclic) bond motifs is 1. The predicted octanol–water partition coefficient (Wildman–Crippen LogP) is 4.22. The molecular weight excluding hydrogens is 216 g/mol. The summed E-state index contributed by atoms with van der Waals surface area (Å²) in [6, 6.07) is 4.28. The molecule has 1 aromatic carbocycles. The van der Waals surface area contributed by atoms with Crippen molar-refractivity contribution in [3.63, 3.8) is 0 Å². The summed E-state index contributed by atoms with van der Waals surface area (Å²) in [6.07, 6.45) is 2.12. The van der Waals surface area contributed by atoms with Gasteiger partial charge in [-0.15, -0.1) is 35.7 Å². The lowest BCUT2D eigenvalue weighted by molar-refractivity contribution is 1.32. The Bertz CT molecular complexity index is 443. The molecule has 0 atom stereocenters. The van der Waals surface area contributed by atoms with Crippen molar-refractivity contribution in [3.05, 3.63) is 23.1 Å². The van der Waals surface area contributed by atoms with E-state index < -0.39 is 0 Å². The zero-order valence-electron chi connectivity index (χ0n) is 7.50. The SMILES string of the molecule is CSc1c(C)cc(S)c2ccsc12. The molecule has 68 valence electrons. The number of aryl methyl sites for hydroxylation is 1. The standard InChI is InChI=1S/C10H10S3/c1-6-5-8(11)7-3-4-13-10(7)9(6)12-2/h3-5,11H,1-2H3. The first-order valence-electron chi connectivity index (χ1n) is 3.98. The van der Waals surface area contributed by atoms with Crippen molar-refractivity contribution in [2.75, 3.05) is 6.26 Å². The van der Waals surface area contributed by atoms with Crippen molar-refractivity contribution in [1.82, 2.24) is 0 Å². The van der Waals surface area contributed by atoms with E-state index >= 15 is 0 Å². The Morgan fingerprint density at radius 2 is 2.23 bits per heavy atom. The fraction of sp³-hybridized carbons (Fsp3) is 0.200. The minimum atomic E-state index is 1.09. The van der Waals surface area contributed by atoms with Crippen LogP contribution in [0.25, 0.3) is 10.1 Å². The van der Waals surface area contributed by atoms with Gasteiger partial charge in [-0.05, 0) is 36.3 Å². The van der Waals surface area contributed by atoms with E-state index in [4.69, 9.17) is 0 Å². The van der Waals surface area contributed by atoms with Crippen molar-refractivity contribution in [2.24, 2.45) is 0 Å². The molecule has 0 saturated carbocycles. The van der Waals surface area contributed by atoms with E-state index in [0.29, 0.717) is 0 Å². The van der Waals surface area contributed by atoms with Crippen LogP contribution < -0.4 is 0 Å². The smallest absolute Gasteiger partial charge is 0.0492 e. The van der Waals surface area contributed by atoms with Gasteiger partial charge in [-0.3, -0.25) is 0 Å². The third-order valence-corrected chi connectivity index (χ3v) is 4.43. The second-order valence-corrected chi connectivity index (χ2v) is 5.12. The molecule has 2 aromatic rings. The Balaban J connectivity index is 2.88. The van der Waals surface area contributed by atoms with Gasteiger partial charge in [-0.25, -0.2) is 0 Å². The van der Waals surface area contributed by atoms with E-state index in [0.717, 1.165) is 4.90 Å². The minimum absolute atomic E-state index is 1.09. The lowest BCUT2D eigenvalue weighted by Gasteiger charge is -2.05. The average molecular weight is 226 g/mol. The first-order valence-corrected chi connectivity index (χ1v) is 6.53. The van der Waals surface area contributed by atoms with Gasteiger partial charge in [0.1, 0.15) is 0 Å². The highest BCUT2D eigenvalue weighted by Gasteiger charge is 2.07. The number of thioether (sulfide) groups is 1. The minimum Gasteiger partial charge on any atom is -0.143 e. The summed E-state index contributed by atoms with van der Waals surface area (Å²) in [5.74, 6) is 0. The molecular formula is C10H10S3. The van der Waals surface area contributed by atoms with Gasteiger partial charge in [0.25, 0.3) is 0 Å². The van der Waals surface area contributed by atoms with Gasteiger partial charge in [0.2, 0.25) is 0 Å². The molecule has 0 N–H and O–H groups in total. The molecule has 0 saturated heterocycles. The first kappa shape index (κ1) is 9.44. The molecule has 0 radical (unpaired) electrons. The molecule has 0 aliphatic rings. The normalized spacial score (nSPS) is 11.0. The largest absolute Gasteiger partial charge is 0.143 e. The van der Waals surface area contributed by atoms with E-state index in [9.17, 15) is 0 Å². The van der Waals surface area contributed by atoms with E-state index in [2.05, 4.69) is 43.3 Å². The highest BCUT2D eigenvalue weighted by molar-refractivity contribution is 7.99. The molecule has 0 amide bonds. The zero-order valence-corrected chi connectivity index (χ0v) is 10.0. The second kappa shape index (κ2) is 3.56. The molecule has 2 rings (SSSR count). The summed E-state index contributed by atoms with van der Waals surface area (Å²) < 4.78 is 1.37. The van der Waals surface area contributed by atoms with Crippen LogP contribution in [0.15, 0.2) is 27.3 Å². The van der Waals surface area contributed by atoms with Crippen LogP contribution in [0.1, 0.15) is 5.56 Å². The van der Waals surface area contributed by atoms with Crippen molar-refractivity contribution < 1.29 is 0 Å². The topological polar surface area (TPSA) is 0 Å². The predicted molar refractivity (Wildman–Crippen MR) is 65.6 cm³/mol. The Morgan fingerprint density at radius 3 is 2.92 bits per heavy atom. The summed E-state index contributed by atoms with van der Waals surface area (Å²) in [6.45, 7) is 2.14. The van der Waals surface area contributed by atoms with Crippen molar-refractivity contribution in [3.8, 4) is 0 Å². The number of hydrogen-bond acceptors (Lipinski definition) is 3. The summed E-state index contributed by atoms with van der Waals surface area (Å²) in [5.41, 5.74) is 1.33. The van der Waals surface area contributed by atoms with Crippen LogP contribution in [-0.2, 0) is 0 Å². The van der Waals surface area contributed by atoms with Gasteiger partial charge in [0, 0.05) is 19.9 Å². The number of hydrogen-bond donors (Lipinski definition) is 1. The summed E-state index contributed by atoms with van der Waals surface area (Å²) in [7, 11) is 0. The zero-order chi connectivity index (χ0) is 9.42. The maximum absolute atomic E-state index is 4.47. The molecule has 3 heteroatoms. The molecule has 0 fully saturated rings. The fourth-order valence-electron chi connectivity index (χ4n) is 1.47. The van der Waals surface area contributed by atoms with Gasteiger partial charge < -0.3 is 0 Å². The Labute approximate surface area is 91.8 Å². The highest BCUT2D eigenvalue weighted by atomic mass is 32.2. The van der Waals surface area contributed by atoms with Crippen LogP contribution >= 0.6 is 35.7 Å². The lowest BCUT2D eigenvalue weighted by atomic mass is 10.2. The molecule has 0 aliphatic carbocycles. The van der Waals surface area contributed by atoms with E-state index in [1.54, 1.807) is 11.3 Å². The third kappa shape index (κ3) is 1.49. The highest BCUT2D eigenvalue weighted by Crippen LogP contribution is 2.37. The summed E-state index contributed by atoms with van der Waals surface area (Å²) >= 11 is 8.08. The maximum atomic E-state index is 4.47. The Kier molecular flexibility index (Phi) is 2.58. The van der Waals surface area contributed by atoms with E-state index in [1.807, 2.05) is 11.8 Å². The summed E-state index contributed by atoms with van der Waals surface area (Å²) in [4.78, 5) is 2.48. The molecule has 13 heavy (non-hydrogen) atoms. The fourth-order valence-corrected chi connectivity index (χ4v) is 3.91. The average Bonchev–Trinajstić information content (AvgIpc) is 2.53. The van der Waals surface area contributed by atoms with Crippen molar-refractivity contribution >= 4 is 45.8 Å². The first-order chi connectivity index (χ1) is 6.24. The van der Waals surface area contributed by atoms with Crippen LogP contribution in [0.4, 0.5) is 0 Å². The van der Waals surface area contributed by atoms with Gasteiger partial charge in [-0.2, -0.15) is 0 Å². The van der Waals surface area contributed by atoms with Crippen molar-refractivity contribution in [1.29, 1.82) is 0 Å². The molecule has 0 spiro atoms. The van der Waals surface area contributed by atoms with Crippen LogP contribution in [0.3, 0.4) is 0 Å². The number of benzene rings is 1. The second-order valence-electron chi connectivity index (χ2n) is 2.91. The Hall–Kier alpha value is -0.120. The molecule has 1 heterocycles. The van der Waals surface area contributed by atoms with Crippen LogP contribution in [0.2, 0.25) is 0 Å². The molecule has 1 aromatic heterocycles. The van der Waals surface area contributed by atoms with Crippen LogP contribution in [-0.4, -0.2) is 6.26 Å². The number of thiophene rings is 1. The van der Waals surface area contributed by atoms with Gasteiger partial charge in [0.15, 0.2) is 0 Å². The van der Waals surface area contributed by atoms with Crippen LogP contribution in [0, 0.1) is 6.92 Å². The Morgan fingerprint density at radius 1 is 1.46 bits per heavy atom.